The second-order valence-electron chi connectivity index (χ2n) is 11.4. The Bertz CT molecular complexity index is 1580. The van der Waals surface area contributed by atoms with Gasteiger partial charge < -0.3 is 20.5 Å². The normalized spacial score (nSPS) is 18.9. The van der Waals surface area contributed by atoms with Crippen LogP contribution in [-0.4, -0.2) is 86.2 Å². The molecule has 9 nitrogen and oxygen atoms in total. The standard InChI is InChI=1S/C31H37N9/c1-38-9-11-40(12-10-38)29-6-5-24(32)15-27-25(29)16-28(35-27)30-26-14-23(19-34-31(26)37-36-30)22-13-21(17-33-18-22)20-39-7-3-2-4-8-39/h5-6,13-14,16-19,35H,2-4,7-12,15,20,32H2,1H3,(H,34,36,37). The molecule has 0 radical (unpaired) electrons. The molecule has 3 aliphatic rings. The van der Waals surface area contributed by atoms with Crippen LogP contribution in [0.2, 0.25) is 0 Å². The highest BCUT2D eigenvalue weighted by Gasteiger charge is 2.24. The highest BCUT2D eigenvalue weighted by molar-refractivity contribution is 5.93. The molecule has 206 valence electrons. The van der Waals surface area contributed by atoms with E-state index >= 15 is 0 Å². The van der Waals surface area contributed by atoms with Gasteiger partial charge in [-0.3, -0.25) is 15.0 Å². The Labute approximate surface area is 234 Å². The molecule has 4 aromatic heterocycles. The van der Waals surface area contributed by atoms with Crippen LogP contribution >= 0.6 is 0 Å². The van der Waals surface area contributed by atoms with Crippen molar-refractivity contribution in [2.45, 2.75) is 32.2 Å². The molecule has 2 saturated heterocycles. The molecule has 6 heterocycles. The van der Waals surface area contributed by atoms with E-state index in [0.717, 1.165) is 72.0 Å². The van der Waals surface area contributed by atoms with Crippen LogP contribution < -0.4 is 5.73 Å². The molecule has 1 aliphatic carbocycles. The summed E-state index contributed by atoms with van der Waals surface area (Å²) in [6, 6.07) is 6.68. The zero-order chi connectivity index (χ0) is 27.1. The van der Waals surface area contributed by atoms with Gasteiger partial charge in [0, 0.05) is 96.9 Å². The molecule has 7 rings (SSSR count). The molecule has 4 aromatic rings. The van der Waals surface area contributed by atoms with Crippen molar-refractivity contribution in [3.63, 3.8) is 0 Å². The molecule has 0 unspecified atom stereocenters. The molecule has 0 saturated carbocycles. The number of nitrogens with zero attached hydrogens (tertiary/aromatic N) is 6. The van der Waals surface area contributed by atoms with E-state index < -0.39 is 0 Å². The molecule has 2 fully saturated rings. The summed E-state index contributed by atoms with van der Waals surface area (Å²) in [4.78, 5) is 20.3. The maximum Gasteiger partial charge on any atom is 0.181 e. The Kier molecular flexibility index (Phi) is 6.61. The predicted molar refractivity (Wildman–Crippen MR) is 159 cm³/mol. The number of nitrogens with one attached hydrogen (secondary N) is 2. The number of fused-ring (bicyclic) bond motifs is 2. The summed E-state index contributed by atoms with van der Waals surface area (Å²) >= 11 is 0. The van der Waals surface area contributed by atoms with E-state index in [-0.39, 0.29) is 0 Å². The average molecular weight is 536 g/mol. The van der Waals surface area contributed by atoms with Crippen LogP contribution in [0.25, 0.3) is 39.2 Å². The van der Waals surface area contributed by atoms with Gasteiger partial charge in [-0.1, -0.05) is 6.42 Å². The molecule has 0 amide bonds. The highest BCUT2D eigenvalue weighted by atomic mass is 15.3. The van der Waals surface area contributed by atoms with Crippen LogP contribution in [-0.2, 0) is 13.0 Å². The zero-order valence-corrected chi connectivity index (χ0v) is 23.2. The van der Waals surface area contributed by atoms with E-state index in [9.17, 15) is 0 Å². The first-order chi connectivity index (χ1) is 19.6. The van der Waals surface area contributed by atoms with Gasteiger partial charge in [-0.2, -0.15) is 5.10 Å². The second-order valence-corrected chi connectivity index (χ2v) is 11.4. The Morgan fingerprint density at radius 2 is 1.73 bits per heavy atom. The number of pyridine rings is 2. The third kappa shape index (κ3) is 4.91. The highest BCUT2D eigenvalue weighted by Crippen LogP contribution is 2.35. The number of aromatic nitrogens is 5. The van der Waals surface area contributed by atoms with Crippen molar-refractivity contribution >= 4 is 16.7 Å². The van der Waals surface area contributed by atoms with E-state index in [1.807, 2.05) is 18.6 Å². The smallest absolute Gasteiger partial charge is 0.181 e. The lowest BCUT2D eigenvalue weighted by Crippen LogP contribution is -2.43. The summed E-state index contributed by atoms with van der Waals surface area (Å²) in [5.41, 5.74) is 16.8. The number of likely N-dealkylation sites (N-methyl/N-ethyl adjacent to an activating group) is 1. The molecule has 9 heteroatoms. The minimum Gasteiger partial charge on any atom is -0.402 e. The number of likely N-dealkylation sites (tertiary alicyclic amines) is 1. The first-order valence-electron chi connectivity index (χ1n) is 14.4. The van der Waals surface area contributed by atoms with Crippen LogP contribution in [0, 0.1) is 0 Å². The maximum atomic E-state index is 6.37. The number of aromatic amines is 2. The van der Waals surface area contributed by atoms with Crippen LogP contribution in [0.5, 0.6) is 0 Å². The number of rotatable bonds is 5. The van der Waals surface area contributed by atoms with E-state index in [0.29, 0.717) is 12.1 Å². The number of piperazine rings is 1. The molecule has 40 heavy (non-hydrogen) atoms. The zero-order valence-electron chi connectivity index (χ0n) is 23.2. The Balaban J connectivity index is 1.21. The van der Waals surface area contributed by atoms with Crippen molar-refractivity contribution in [3.8, 4) is 22.5 Å². The molecule has 4 N–H and O–H groups in total. The molecular weight excluding hydrogens is 498 g/mol. The quantitative estimate of drug-likeness (QED) is 0.355. The fourth-order valence-electron chi connectivity index (χ4n) is 6.23. The first-order valence-corrected chi connectivity index (χ1v) is 14.4. The monoisotopic (exact) mass is 535 g/mol. The Morgan fingerprint density at radius 1 is 0.900 bits per heavy atom. The minimum atomic E-state index is 0.689. The van der Waals surface area contributed by atoms with Crippen LogP contribution in [0.3, 0.4) is 0 Å². The van der Waals surface area contributed by atoms with E-state index in [2.05, 4.69) is 72.3 Å². The lowest BCUT2D eigenvalue weighted by Gasteiger charge is -2.35. The Hall–Kier alpha value is -3.95. The van der Waals surface area contributed by atoms with E-state index in [1.54, 1.807) is 0 Å². The maximum absolute atomic E-state index is 6.37. The van der Waals surface area contributed by atoms with Crippen LogP contribution in [0.4, 0.5) is 0 Å². The van der Waals surface area contributed by atoms with Crippen molar-refractivity contribution in [2.24, 2.45) is 5.73 Å². The van der Waals surface area contributed by atoms with Crippen LogP contribution in [0.1, 0.15) is 36.1 Å². The van der Waals surface area contributed by atoms with Gasteiger partial charge in [0.1, 0.15) is 0 Å². The molecule has 0 atom stereocenters. The fourth-order valence-corrected chi connectivity index (χ4v) is 6.23. The number of nitrogens with two attached hydrogens (primary N) is 1. The number of H-pyrrole nitrogens is 2. The van der Waals surface area contributed by atoms with Gasteiger partial charge in [0.25, 0.3) is 0 Å². The van der Waals surface area contributed by atoms with Crippen molar-refractivity contribution in [2.75, 3.05) is 46.3 Å². The van der Waals surface area contributed by atoms with Gasteiger partial charge in [-0.05, 0) is 68.9 Å². The van der Waals surface area contributed by atoms with E-state index in [4.69, 9.17) is 10.7 Å². The third-order valence-corrected chi connectivity index (χ3v) is 8.52. The second kappa shape index (κ2) is 10.6. The largest absolute Gasteiger partial charge is 0.402 e. The average Bonchev–Trinajstić information content (AvgIpc) is 3.55. The number of piperidine rings is 1. The summed E-state index contributed by atoms with van der Waals surface area (Å²) in [6.45, 7) is 7.39. The Morgan fingerprint density at radius 3 is 2.58 bits per heavy atom. The summed E-state index contributed by atoms with van der Waals surface area (Å²) in [5, 5.41) is 8.79. The summed E-state index contributed by atoms with van der Waals surface area (Å²) in [5.74, 6) is 0. The number of hydrogen-bond acceptors (Lipinski definition) is 7. The predicted octanol–water partition coefficient (Wildman–Crippen LogP) is 3.99. The van der Waals surface area contributed by atoms with Crippen molar-refractivity contribution in [1.82, 2.24) is 39.8 Å². The lowest BCUT2D eigenvalue weighted by molar-refractivity contribution is 0.207. The minimum absolute atomic E-state index is 0.689. The van der Waals surface area contributed by atoms with Crippen molar-refractivity contribution in [3.05, 3.63) is 71.5 Å². The van der Waals surface area contributed by atoms with Crippen molar-refractivity contribution in [1.29, 1.82) is 0 Å². The number of allylic oxidation sites excluding steroid dienone is 3. The lowest BCUT2D eigenvalue weighted by atomic mass is 10.0. The summed E-state index contributed by atoms with van der Waals surface area (Å²) in [7, 11) is 2.18. The molecule has 2 aliphatic heterocycles. The molecular formula is C31H37N9. The van der Waals surface area contributed by atoms with E-state index in [1.165, 1.54) is 49.2 Å². The molecule has 0 aromatic carbocycles. The SMILES string of the molecule is CN1CCN(C2=CC=C(N)Cc3[nH]c(-c4[nH]nc5ncc(-c6cncc(CN7CCCCC7)c6)cc45)cc32)CC1. The number of hydrogen-bond donors (Lipinski definition) is 3. The van der Waals surface area contributed by atoms with Gasteiger partial charge >= 0.3 is 0 Å². The first kappa shape index (κ1) is 25.0. The van der Waals surface area contributed by atoms with Gasteiger partial charge in [-0.15, -0.1) is 0 Å². The van der Waals surface area contributed by atoms with Gasteiger partial charge in [0.05, 0.1) is 11.4 Å². The summed E-state index contributed by atoms with van der Waals surface area (Å²) < 4.78 is 0. The molecule has 0 spiro atoms. The summed E-state index contributed by atoms with van der Waals surface area (Å²) in [6.07, 6.45) is 14.7. The van der Waals surface area contributed by atoms with Gasteiger partial charge in [0.15, 0.2) is 5.65 Å². The van der Waals surface area contributed by atoms with Gasteiger partial charge in [0.2, 0.25) is 0 Å². The van der Waals surface area contributed by atoms with Crippen molar-refractivity contribution < 1.29 is 0 Å². The topological polar surface area (TPSA) is 106 Å². The fraction of sp³-hybridized carbons (Fsp3) is 0.387. The third-order valence-electron chi connectivity index (χ3n) is 8.52. The van der Waals surface area contributed by atoms with Gasteiger partial charge in [-0.25, -0.2) is 4.98 Å². The molecule has 0 bridgehead atoms. The van der Waals surface area contributed by atoms with Crippen LogP contribution in [0.15, 0.2) is 54.6 Å².